The number of benzene rings is 1. The molecule has 0 heterocycles. The fraction of sp³-hybridized carbons (Fsp3) is 0.364. The summed E-state index contributed by atoms with van der Waals surface area (Å²) in [6.07, 6.45) is 1.99. The second kappa shape index (κ2) is 3.60. The first-order valence-corrected chi connectivity index (χ1v) is 4.64. The van der Waals surface area contributed by atoms with Crippen LogP contribution in [0.25, 0.3) is 0 Å². The zero-order chi connectivity index (χ0) is 9.10. The van der Waals surface area contributed by atoms with Gasteiger partial charge in [0.2, 0.25) is 6.41 Å². The van der Waals surface area contributed by atoms with Gasteiger partial charge in [0.15, 0.2) is 0 Å². The minimum absolute atomic E-state index is 0.660. The van der Waals surface area contributed by atoms with E-state index in [2.05, 4.69) is 29.6 Å². The van der Waals surface area contributed by atoms with E-state index in [1.807, 2.05) is 6.07 Å². The van der Waals surface area contributed by atoms with E-state index in [4.69, 9.17) is 0 Å². The molecule has 1 aromatic carbocycles. The van der Waals surface area contributed by atoms with Gasteiger partial charge in [0.1, 0.15) is 0 Å². The van der Waals surface area contributed by atoms with Crippen molar-refractivity contribution in [3.63, 3.8) is 0 Å². The van der Waals surface area contributed by atoms with Crippen molar-refractivity contribution in [3.05, 3.63) is 35.9 Å². The van der Waals surface area contributed by atoms with Gasteiger partial charge in [-0.15, -0.1) is 0 Å². The van der Waals surface area contributed by atoms with E-state index >= 15 is 0 Å². The number of hydrogen-bond acceptors (Lipinski definition) is 1. The Kier molecular flexibility index (Phi) is 2.30. The lowest BCUT2D eigenvalue weighted by molar-refractivity contribution is -0.109. The van der Waals surface area contributed by atoms with Crippen LogP contribution >= 0.6 is 0 Å². The third-order valence-electron chi connectivity index (χ3n) is 2.61. The molecule has 0 aliphatic heterocycles. The molecule has 2 unspecified atom stereocenters. The van der Waals surface area contributed by atoms with Gasteiger partial charge in [-0.2, -0.15) is 0 Å². The quantitative estimate of drug-likeness (QED) is 0.691. The van der Waals surface area contributed by atoms with E-state index < -0.39 is 0 Å². The summed E-state index contributed by atoms with van der Waals surface area (Å²) in [4.78, 5) is 10.1. The largest absolute Gasteiger partial charge is 0.358 e. The molecule has 0 aromatic heterocycles. The van der Waals surface area contributed by atoms with Gasteiger partial charge in [0, 0.05) is 6.54 Å². The molecule has 1 N–H and O–H groups in total. The van der Waals surface area contributed by atoms with Gasteiger partial charge in [-0.25, -0.2) is 0 Å². The van der Waals surface area contributed by atoms with Crippen molar-refractivity contribution in [3.8, 4) is 0 Å². The molecule has 2 heteroatoms. The Bertz CT molecular complexity index is 283. The summed E-state index contributed by atoms with van der Waals surface area (Å²) in [5.74, 6) is 1.33. The topological polar surface area (TPSA) is 29.1 Å². The molecule has 2 atom stereocenters. The molecule has 1 fully saturated rings. The fourth-order valence-corrected chi connectivity index (χ4v) is 1.78. The van der Waals surface area contributed by atoms with Crippen molar-refractivity contribution >= 4 is 6.41 Å². The lowest BCUT2D eigenvalue weighted by atomic mass is 10.1. The smallest absolute Gasteiger partial charge is 0.207 e. The van der Waals surface area contributed by atoms with Crippen molar-refractivity contribution in [2.45, 2.75) is 12.3 Å². The molecule has 1 amide bonds. The van der Waals surface area contributed by atoms with Crippen molar-refractivity contribution in [1.82, 2.24) is 5.32 Å². The summed E-state index contributed by atoms with van der Waals surface area (Å²) in [7, 11) is 0. The molecule has 0 spiro atoms. The Morgan fingerprint density at radius 2 is 2.15 bits per heavy atom. The second-order valence-electron chi connectivity index (χ2n) is 3.54. The van der Waals surface area contributed by atoms with E-state index in [9.17, 15) is 4.79 Å². The van der Waals surface area contributed by atoms with Crippen LogP contribution in [-0.2, 0) is 4.79 Å². The maximum Gasteiger partial charge on any atom is 0.207 e. The second-order valence-corrected chi connectivity index (χ2v) is 3.54. The molecular weight excluding hydrogens is 162 g/mol. The summed E-state index contributed by atoms with van der Waals surface area (Å²) < 4.78 is 0. The predicted molar refractivity (Wildman–Crippen MR) is 51.4 cm³/mol. The highest BCUT2D eigenvalue weighted by Crippen LogP contribution is 2.46. The lowest BCUT2D eigenvalue weighted by Crippen LogP contribution is -2.14. The minimum Gasteiger partial charge on any atom is -0.358 e. The lowest BCUT2D eigenvalue weighted by Gasteiger charge is -1.98. The molecular formula is C11H13NO. The van der Waals surface area contributed by atoms with Crippen molar-refractivity contribution in [1.29, 1.82) is 0 Å². The van der Waals surface area contributed by atoms with Gasteiger partial charge in [0.25, 0.3) is 0 Å². The average molecular weight is 175 g/mol. The third kappa shape index (κ3) is 1.89. The highest BCUT2D eigenvalue weighted by atomic mass is 16.1. The monoisotopic (exact) mass is 175 g/mol. The number of nitrogens with one attached hydrogen (secondary N) is 1. The number of carbonyl (C=O) groups is 1. The number of carbonyl (C=O) groups excluding carboxylic acids is 1. The Balaban J connectivity index is 1.89. The zero-order valence-electron chi connectivity index (χ0n) is 7.44. The van der Waals surface area contributed by atoms with E-state index in [0.29, 0.717) is 11.8 Å². The van der Waals surface area contributed by atoms with Crippen LogP contribution in [0.3, 0.4) is 0 Å². The van der Waals surface area contributed by atoms with E-state index in [-0.39, 0.29) is 0 Å². The van der Waals surface area contributed by atoms with Crippen LogP contribution in [0.5, 0.6) is 0 Å². The van der Waals surface area contributed by atoms with Crippen LogP contribution in [0, 0.1) is 5.92 Å². The summed E-state index contributed by atoms with van der Waals surface area (Å²) in [5.41, 5.74) is 1.40. The average Bonchev–Trinajstić information content (AvgIpc) is 2.95. The van der Waals surface area contributed by atoms with Gasteiger partial charge in [-0.05, 0) is 23.8 Å². The van der Waals surface area contributed by atoms with Gasteiger partial charge in [0.05, 0.1) is 0 Å². The van der Waals surface area contributed by atoms with E-state index in [0.717, 1.165) is 13.0 Å². The van der Waals surface area contributed by atoms with Crippen molar-refractivity contribution in [2.75, 3.05) is 6.54 Å². The Morgan fingerprint density at radius 3 is 2.85 bits per heavy atom. The van der Waals surface area contributed by atoms with Gasteiger partial charge in [-0.3, -0.25) is 4.79 Å². The molecule has 2 rings (SSSR count). The molecule has 0 saturated heterocycles. The fourth-order valence-electron chi connectivity index (χ4n) is 1.78. The van der Waals surface area contributed by atoms with Crippen LogP contribution in [0.2, 0.25) is 0 Å². The first-order chi connectivity index (χ1) is 6.42. The van der Waals surface area contributed by atoms with Crippen LogP contribution in [0.15, 0.2) is 30.3 Å². The number of rotatable bonds is 4. The normalized spacial score (nSPS) is 25.2. The zero-order valence-corrected chi connectivity index (χ0v) is 7.44. The molecule has 1 aliphatic carbocycles. The molecule has 68 valence electrons. The van der Waals surface area contributed by atoms with Gasteiger partial charge in [-0.1, -0.05) is 30.3 Å². The van der Waals surface area contributed by atoms with E-state index in [1.54, 1.807) is 0 Å². The SMILES string of the molecule is O=CNCC1CC1c1ccccc1. The first-order valence-electron chi connectivity index (χ1n) is 4.64. The molecule has 1 saturated carbocycles. The van der Waals surface area contributed by atoms with Crippen LogP contribution in [0.1, 0.15) is 17.9 Å². The standard InChI is InChI=1S/C11H13NO/c13-8-12-7-10-6-11(10)9-4-2-1-3-5-9/h1-5,8,10-11H,6-7H2,(H,12,13). The summed E-state index contributed by atoms with van der Waals surface area (Å²) in [6.45, 7) is 0.822. The van der Waals surface area contributed by atoms with Gasteiger partial charge < -0.3 is 5.32 Å². The van der Waals surface area contributed by atoms with Gasteiger partial charge >= 0.3 is 0 Å². The summed E-state index contributed by atoms with van der Waals surface area (Å²) in [6, 6.07) is 10.5. The number of amides is 1. The highest BCUT2D eigenvalue weighted by Gasteiger charge is 2.37. The summed E-state index contributed by atoms with van der Waals surface area (Å²) >= 11 is 0. The van der Waals surface area contributed by atoms with Crippen molar-refractivity contribution < 1.29 is 4.79 Å². The van der Waals surface area contributed by atoms with Crippen LogP contribution < -0.4 is 5.32 Å². The third-order valence-corrected chi connectivity index (χ3v) is 2.61. The van der Waals surface area contributed by atoms with Crippen LogP contribution in [-0.4, -0.2) is 13.0 Å². The first kappa shape index (κ1) is 8.30. The summed E-state index contributed by atoms with van der Waals surface area (Å²) in [5, 5.41) is 2.73. The predicted octanol–water partition coefficient (Wildman–Crippen LogP) is 1.54. The highest BCUT2D eigenvalue weighted by molar-refractivity contribution is 5.46. The molecule has 1 aliphatic rings. The molecule has 1 aromatic rings. The number of hydrogen-bond donors (Lipinski definition) is 1. The Labute approximate surface area is 78.0 Å². The minimum atomic E-state index is 0.660. The molecule has 0 bridgehead atoms. The van der Waals surface area contributed by atoms with Crippen molar-refractivity contribution in [2.24, 2.45) is 5.92 Å². The molecule has 13 heavy (non-hydrogen) atoms. The maximum atomic E-state index is 10.1. The maximum absolute atomic E-state index is 10.1. The Morgan fingerprint density at radius 1 is 1.38 bits per heavy atom. The van der Waals surface area contributed by atoms with Crippen LogP contribution in [0.4, 0.5) is 0 Å². The Hall–Kier alpha value is -1.31. The molecule has 0 radical (unpaired) electrons. The molecule has 2 nitrogen and oxygen atoms in total. The van der Waals surface area contributed by atoms with E-state index in [1.165, 1.54) is 12.0 Å².